The minimum atomic E-state index is 0.623. The van der Waals surface area contributed by atoms with E-state index in [-0.39, 0.29) is 0 Å². The highest BCUT2D eigenvalue weighted by Crippen LogP contribution is 2.14. The first-order valence-electron chi connectivity index (χ1n) is 4.78. The number of aryl methyl sites for hydroxylation is 2. The van der Waals surface area contributed by atoms with Gasteiger partial charge in [-0.1, -0.05) is 5.16 Å². The summed E-state index contributed by atoms with van der Waals surface area (Å²) < 4.78 is 4.99. The van der Waals surface area contributed by atoms with E-state index in [9.17, 15) is 0 Å². The molecule has 0 saturated heterocycles. The molecular formula is C10H13N3OS. The van der Waals surface area contributed by atoms with E-state index in [0.717, 1.165) is 6.54 Å². The maximum absolute atomic E-state index is 4.99. The zero-order chi connectivity index (χ0) is 10.7. The number of aromatic nitrogens is 2. The van der Waals surface area contributed by atoms with E-state index in [1.54, 1.807) is 11.3 Å². The highest BCUT2D eigenvalue weighted by atomic mass is 32.1. The van der Waals surface area contributed by atoms with Gasteiger partial charge in [0.25, 0.3) is 0 Å². The molecule has 0 bridgehead atoms. The van der Waals surface area contributed by atoms with E-state index in [1.165, 1.54) is 10.4 Å². The van der Waals surface area contributed by atoms with Gasteiger partial charge in [0.2, 0.25) is 5.89 Å². The summed E-state index contributed by atoms with van der Waals surface area (Å²) in [6.45, 7) is 5.41. The molecule has 0 aliphatic heterocycles. The lowest BCUT2D eigenvalue weighted by molar-refractivity contribution is 0.364. The van der Waals surface area contributed by atoms with Gasteiger partial charge < -0.3 is 9.84 Å². The second kappa shape index (κ2) is 4.55. The number of nitrogens with zero attached hydrogens (tertiary/aromatic N) is 2. The van der Waals surface area contributed by atoms with E-state index >= 15 is 0 Å². The Morgan fingerprint density at radius 3 is 2.87 bits per heavy atom. The van der Waals surface area contributed by atoms with Gasteiger partial charge in [0, 0.05) is 11.4 Å². The molecule has 0 unspecified atom stereocenters. The van der Waals surface area contributed by atoms with E-state index in [1.807, 2.05) is 6.92 Å². The average Bonchev–Trinajstić information content (AvgIpc) is 2.77. The van der Waals surface area contributed by atoms with Crippen LogP contribution in [0.2, 0.25) is 0 Å². The summed E-state index contributed by atoms with van der Waals surface area (Å²) in [5.74, 6) is 1.32. The maximum Gasteiger partial charge on any atom is 0.240 e. The second-order valence-corrected chi connectivity index (χ2v) is 4.37. The van der Waals surface area contributed by atoms with Crippen LogP contribution in [0.5, 0.6) is 0 Å². The Bertz CT molecular complexity index is 435. The molecule has 2 aromatic heterocycles. The Labute approximate surface area is 92.3 Å². The third kappa shape index (κ3) is 2.64. The van der Waals surface area contributed by atoms with Crippen molar-refractivity contribution in [2.24, 2.45) is 0 Å². The molecule has 0 spiro atoms. The molecule has 15 heavy (non-hydrogen) atoms. The van der Waals surface area contributed by atoms with Crippen molar-refractivity contribution in [1.82, 2.24) is 15.5 Å². The third-order valence-electron chi connectivity index (χ3n) is 2.10. The molecule has 0 amide bonds. The molecule has 80 valence electrons. The molecule has 2 aromatic rings. The first-order valence-corrected chi connectivity index (χ1v) is 5.66. The zero-order valence-corrected chi connectivity index (χ0v) is 9.60. The minimum absolute atomic E-state index is 0.623. The van der Waals surface area contributed by atoms with Crippen LogP contribution in [0.4, 0.5) is 0 Å². The average molecular weight is 223 g/mol. The lowest BCUT2D eigenvalue weighted by atomic mass is 10.3. The lowest BCUT2D eigenvalue weighted by Gasteiger charge is -1.99. The van der Waals surface area contributed by atoms with Crippen molar-refractivity contribution in [3.8, 4) is 0 Å². The summed E-state index contributed by atoms with van der Waals surface area (Å²) in [5, 5.41) is 9.10. The molecule has 0 aliphatic rings. The van der Waals surface area contributed by atoms with Gasteiger partial charge in [-0.3, -0.25) is 0 Å². The van der Waals surface area contributed by atoms with Crippen molar-refractivity contribution < 1.29 is 4.52 Å². The highest BCUT2D eigenvalue weighted by molar-refractivity contribution is 7.10. The fourth-order valence-electron chi connectivity index (χ4n) is 1.28. The highest BCUT2D eigenvalue weighted by Gasteiger charge is 2.03. The van der Waals surface area contributed by atoms with E-state index < -0.39 is 0 Å². The Kier molecular flexibility index (Phi) is 3.13. The van der Waals surface area contributed by atoms with Crippen molar-refractivity contribution in [3.05, 3.63) is 33.6 Å². The fraction of sp³-hybridized carbons (Fsp3) is 0.400. The lowest BCUT2D eigenvalue weighted by Crippen LogP contribution is -2.12. The largest absolute Gasteiger partial charge is 0.338 e. The van der Waals surface area contributed by atoms with E-state index in [2.05, 4.69) is 33.8 Å². The van der Waals surface area contributed by atoms with Crippen LogP contribution in [0.15, 0.2) is 16.0 Å². The minimum Gasteiger partial charge on any atom is -0.338 e. The van der Waals surface area contributed by atoms with Gasteiger partial charge in [-0.05, 0) is 30.9 Å². The van der Waals surface area contributed by atoms with Crippen LogP contribution in [0.25, 0.3) is 0 Å². The number of nitrogens with one attached hydrogen (secondary N) is 1. The molecule has 0 radical (unpaired) electrons. The molecule has 5 heteroatoms. The molecule has 2 rings (SSSR count). The molecule has 2 heterocycles. The number of hydrogen-bond donors (Lipinski definition) is 1. The standard InChI is InChI=1S/C10H13N3OS/c1-7-3-4-15-9(7)5-11-6-10-12-8(2)13-14-10/h3-4,11H,5-6H2,1-2H3. The van der Waals surface area contributed by atoms with Crippen molar-refractivity contribution in [2.75, 3.05) is 0 Å². The predicted molar refractivity (Wildman–Crippen MR) is 58.6 cm³/mol. The SMILES string of the molecule is Cc1noc(CNCc2sccc2C)n1. The quantitative estimate of drug-likeness (QED) is 0.861. The van der Waals surface area contributed by atoms with Crippen molar-refractivity contribution >= 4 is 11.3 Å². The van der Waals surface area contributed by atoms with Gasteiger partial charge in [-0.25, -0.2) is 0 Å². The predicted octanol–water partition coefficient (Wildman–Crippen LogP) is 2.04. The Morgan fingerprint density at radius 1 is 1.40 bits per heavy atom. The van der Waals surface area contributed by atoms with Gasteiger partial charge in [0.05, 0.1) is 6.54 Å². The summed E-state index contributed by atoms with van der Waals surface area (Å²) >= 11 is 1.76. The van der Waals surface area contributed by atoms with E-state index in [4.69, 9.17) is 4.52 Å². The Morgan fingerprint density at radius 2 is 2.27 bits per heavy atom. The van der Waals surface area contributed by atoms with Crippen LogP contribution >= 0.6 is 11.3 Å². The third-order valence-corrected chi connectivity index (χ3v) is 3.12. The monoisotopic (exact) mass is 223 g/mol. The van der Waals surface area contributed by atoms with Gasteiger partial charge in [-0.15, -0.1) is 11.3 Å². The van der Waals surface area contributed by atoms with Crippen molar-refractivity contribution in [2.45, 2.75) is 26.9 Å². The molecule has 0 atom stereocenters. The van der Waals surface area contributed by atoms with Crippen molar-refractivity contribution in [3.63, 3.8) is 0 Å². The normalized spacial score (nSPS) is 10.8. The smallest absolute Gasteiger partial charge is 0.240 e. The summed E-state index contributed by atoms with van der Waals surface area (Å²) in [4.78, 5) is 5.47. The summed E-state index contributed by atoms with van der Waals surface area (Å²) in [7, 11) is 0. The summed E-state index contributed by atoms with van der Waals surface area (Å²) in [6.07, 6.45) is 0. The topological polar surface area (TPSA) is 51.0 Å². The molecular weight excluding hydrogens is 210 g/mol. The number of rotatable bonds is 4. The van der Waals surface area contributed by atoms with Gasteiger partial charge in [-0.2, -0.15) is 4.98 Å². The van der Waals surface area contributed by atoms with Gasteiger partial charge in [0.1, 0.15) is 0 Å². The number of hydrogen-bond acceptors (Lipinski definition) is 5. The molecule has 1 N–H and O–H groups in total. The summed E-state index contributed by atoms with van der Waals surface area (Å²) in [5.41, 5.74) is 1.33. The second-order valence-electron chi connectivity index (χ2n) is 3.37. The molecule has 0 aliphatic carbocycles. The van der Waals surface area contributed by atoms with Crippen LogP contribution in [0.3, 0.4) is 0 Å². The van der Waals surface area contributed by atoms with Crippen LogP contribution in [-0.4, -0.2) is 10.1 Å². The van der Waals surface area contributed by atoms with Crippen molar-refractivity contribution in [1.29, 1.82) is 0 Å². The van der Waals surface area contributed by atoms with Gasteiger partial charge in [0.15, 0.2) is 5.82 Å². The molecule has 0 saturated carbocycles. The van der Waals surface area contributed by atoms with Crippen LogP contribution in [0.1, 0.15) is 22.2 Å². The fourth-order valence-corrected chi connectivity index (χ4v) is 2.16. The maximum atomic E-state index is 4.99. The Hall–Kier alpha value is -1.20. The molecule has 0 aromatic carbocycles. The first kappa shape index (κ1) is 10.3. The first-order chi connectivity index (χ1) is 7.25. The van der Waals surface area contributed by atoms with Crippen LogP contribution in [0, 0.1) is 13.8 Å². The van der Waals surface area contributed by atoms with E-state index in [0.29, 0.717) is 18.3 Å². The number of thiophene rings is 1. The van der Waals surface area contributed by atoms with Crippen LogP contribution < -0.4 is 5.32 Å². The molecule has 0 fully saturated rings. The Balaban J connectivity index is 1.83. The van der Waals surface area contributed by atoms with Crippen LogP contribution in [-0.2, 0) is 13.1 Å². The molecule has 4 nitrogen and oxygen atoms in total. The zero-order valence-electron chi connectivity index (χ0n) is 8.78. The summed E-state index contributed by atoms with van der Waals surface area (Å²) in [6, 6.07) is 2.12. The van der Waals surface area contributed by atoms with Gasteiger partial charge >= 0.3 is 0 Å².